The fraction of sp³-hybridized carbons (Fsp3) is 0.238. The van der Waals surface area contributed by atoms with Gasteiger partial charge in [-0.05, 0) is 47.0 Å². The van der Waals surface area contributed by atoms with Crippen LogP contribution in [0.1, 0.15) is 11.1 Å². The average molecular weight is 447 g/mol. The van der Waals surface area contributed by atoms with Crippen molar-refractivity contribution >= 4 is 50.6 Å². The summed E-state index contributed by atoms with van der Waals surface area (Å²) in [5.41, 5.74) is 5.18. The number of rotatable bonds is 4. The lowest BCUT2D eigenvalue weighted by atomic mass is 9.97. The van der Waals surface area contributed by atoms with Crippen molar-refractivity contribution in [3.05, 3.63) is 70.2 Å². The molecule has 134 valence electrons. The predicted octanol–water partition coefficient (Wildman–Crippen LogP) is 6.08. The van der Waals surface area contributed by atoms with Crippen molar-refractivity contribution in [1.82, 2.24) is 0 Å². The fourth-order valence-corrected chi connectivity index (χ4v) is 7.93. The summed E-state index contributed by atoms with van der Waals surface area (Å²) in [5, 5.41) is 0. The predicted molar refractivity (Wildman–Crippen MR) is 117 cm³/mol. The van der Waals surface area contributed by atoms with E-state index < -0.39 is 0 Å². The molecule has 1 saturated heterocycles. The Kier molecular flexibility index (Phi) is 5.13. The van der Waals surface area contributed by atoms with Crippen molar-refractivity contribution in [2.45, 2.75) is 4.08 Å². The fourth-order valence-electron chi connectivity index (χ4n) is 3.43. The second-order valence-corrected chi connectivity index (χ2v) is 9.78. The summed E-state index contributed by atoms with van der Waals surface area (Å²) in [4.78, 5) is 0. The summed E-state index contributed by atoms with van der Waals surface area (Å²) in [6, 6.07) is 16.8. The molecule has 2 aliphatic rings. The lowest BCUT2D eigenvalue weighted by Crippen LogP contribution is -2.19. The zero-order valence-electron chi connectivity index (χ0n) is 14.6. The maximum Gasteiger partial charge on any atom is 0.118 e. The molecule has 1 heterocycles. The summed E-state index contributed by atoms with van der Waals surface area (Å²) in [5.74, 6) is 4.07. The van der Waals surface area contributed by atoms with E-state index >= 15 is 0 Å². The van der Waals surface area contributed by atoms with Crippen LogP contribution in [0.2, 0.25) is 0 Å². The van der Waals surface area contributed by atoms with Crippen molar-refractivity contribution in [1.29, 1.82) is 0 Å². The SMILES string of the molecule is COc1ccc(C2=CC(Br)=C(c3ccc(OC)cc3)C23SCCS3)cc1. The highest BCUT2D eigenvalue weighted by molar-refractivity contribution is 9.12. The van der Waals surface area contributed by atoms with E-state index in [2.05, 4.69) is 46.3 Å². The van der Waals surface area contributed by atoms with Crippen LogP contribution in [-0.2, 0) is 0 Å². The molecule has 1 spiro atoms. The molecule has 0 saturated carbocycles. The van der Waals surface area contributed by atoms with Crippen molar-refractivity contribution in [2.75, 3.05) is 25.7 Å². The molecule has 0 N–H and O–H groups in total. The molecule has 4 rings (SSSR count). The Morgan fingerprint density at radius 1 is 0.808 bits per heavy atom. The third-order valence-corrected chi connectivity index (χ3v) is 8.74. The van der Waals surface area contributed by atoms with E-state index in [1.807, 2.05) is 47.8 Å². The Hall–Kier alpha value is -1.30. The van der Waals surface area contributed by atoms with E-state index in [1.54, 1.807) is 14.2 Å². The van der Waals surface area contributed by atoms with Crippen LogP contribution in [-0.4, -0.2) is 29.8 Å². The van der Waals surface area contributed by atoms with Crippen molar-refractivity contribution in [3.63, 3.8) is 0 Å². The van der Waals surface area contributed by atoms with Gasteiger partial charge >= 0.3 is 0 Å². The number of hydrogen-bond acceptors (Lipinski definition) is 4. The molecule has 0 amide bonds. The van der Waals surface area contributed by atoms with E-state index in [0.717, 1.165) is 27.5 Å². The summed E-state index contributed by atoms with van der Waals surface area (Å²) in [6.45, 7) is 0. The molecule has 1 aliphatic heterocycles. The van der Waals surface area contributed by atoms with E-state index in [1.165, 1.54) is 22.3 Å². The highest BCUT2D eigenvalue weighted by atomic mass is 79.9. The van der Waals surface area contributed by atoms with E-state index in [-0.39, 0.29) is 4.08 Å². The van der Waals surface area contributed by atoms with Gasteiger partial charge in [0.05, 0.1) is 14.2 Å². The number of methoxy groups -OCH3 is 2. The Labute approximate surface area is 171 Å². The smallest absolute Gasteiger partial charge is 0.118 e. The van der Waals surface area contributed by atoms with Gasteiger partial charge in [0.15, 0.2) is 0 Å². The quantitative estimate of drug-likeness (QED) is 0.565. The highest BCUT2D eigenvalue weighted by Crippen LogP contribution is 2.64. The van der Waals surface area contributed by atoms with Gasteiger partial charge in [-0.2, -0.15) is 0 Å². The molecule has 5 heteroatoms. The number of thioether (sulfide) groups is 2. The molecule has 2 aromatic rings. The van der Waals surface area contributed by atoms with Gasteiger partial charge in [-0.15, -0.1) is 23.5 Å². The van der Waals surface area contributed by atoms with Gasteiger partial charge < -0.3 is 9.47 Å². The lowest BCUT2D eigenvalue weighted by Gasteiger charge is -2.30. The van der Waals surface area contributed by atoms with Crippen LogP contribution < -0.4 is 9.47 Å². The number of allylic oxidation sites excluding steroid dienone is 2. The van der Waals surface area contributed by atoms with Crippen LogP contribution in [0.25, 0.3) is 11.1 Å². The van der Waals surface area contributed by atoms with Gasteiger partial charge in [-0.1, -0.05) is 40.2 Å². The van der Waals surface area contributed by atoms with Gasteiger partial charge in [-0.3, -0.25) is 0 Å². The molecule has 0 unspecified atom stereocenters. The molecule has 0 atom stereocenters. The molecular weight excluding hydrogens is 428 g/mol. The largest absolute Gasteiger partial charge is 0.497 e. The summed E-state index contributed by atoms with van der Waals surface area (Å²) in [7, 11) is 3.40. The maximum absolute atomic E-state index is 5.32. The number of hydrogen-bond donors (Lipinski definition) is 0. The molecule has 0 radical (unpaired) electrons. The third-order valence-electron chi connectivity index (χ3n) is 4.67. The van der Waals surface area contributed by atoms with Gasteiger partial charge in [0.2, 0.25) is 0 Å². The Morgan fingerprint density at radius 3 is 1.81 bits per heavy atom. The molecule has 2 aromatic carbocycles. The molecule has 0 aromatic heterocycles. The van der Waals surface area contributed by atoms with E-state index in [9.17, 15) is 0 Å². The van der Waals surface area contributed by atoms with Crippen LogP contribution in [0.15, 0.2) is 59.1 Å². The van der Waals surface area contributed by atoms with Crippen LogP contribution in [0.3, 0.4) is 0 Å². The zero-order valence-corrected chi connectivity index (χ0v) is 17.8. The summed E-state index contributed by atoms with van der Waals surface area (Å²) in [6.07, 6.45) is 2.28. The monoisotopic (exact) mass is 446 g/mol. The molecular formula is C21H19BrO2S2. The number of ether oxygens (including phenoxy) is 2. The standard InChI is InChI=1S/C21H19BrO2S2/c1-23-16-7-3-14(4-8-16)18-13-19(22)20(21(18)25-11-12-26-21)15-5-9-17(24-2)10-6-15/h3-10,13H,11-12H2,1-2H3. The minimum atomic E-state index is -0.0675. The van der Waals surface area contributed by atoms with E-state index in [4.69, 9.17) is 9.47 Å². The van der Waals surface area contributed by atoms with Crippen molar-refractivity contribution in [2.24, 2.45) is 0 Å². The Balaban J connectivity index is 1.77. The van der Waals surface area contributed by atoms with Gasteiger partial charge in [0, 0.05) is 21.6 Å². The van der Waals surface area contributed by atoms with Crippen LogP contribution in [0.4, 0.5) is 0 Å². The molecule has 26 heavy (non-hydrogen) atoms. The second kappa shape index (κ2) is 7.37. The first-order valence-corrected chi connectivity index (χ1v) is 11.1. The second-order valence-electron chi connectivity index (χ2n) is 6.05. The highest BCUT2D eigenvalue weighted by Gasteiger charge is 2.47. The summed E-state index contributed by atoms with van der Waals surface area (Å²) < 4.78 is 11.7. The minimum absolute atomic E-state index is 0.0675. The van der Waals surface area contributed by atoms with Crippen molar-refractivity contribution < 1.29 is 9.47 Å². The molecule has 2 nitrogen and oxygen atoms in total. The topological polar surface area (TPSA) is 18.5 Å². The van der Waals surface area contributed by atoms with Crippen LogP contribution in [0, 0.1) is 0 Å². The first-order valence-electron chi connectivity index (χ1n) is 8.37. The third kappa shape index (κ3) is 3.00. The molecule has 0 bridgehead atoms. The number of benzene rings is 2. The van der Waals surface area contributed by atoms with Crippen molar-refractivity contribution in [3.8, 4) is 11.5 Å². The number of halogens is 1. The maximum atomic E-state index is 5.32. The molecule has 1 fully saturated rings. The van der Waals surface area contributed by atoms with Crippen LogP contribution in [0.5, 0.6) is 11.5 Å². The first-order chi connectivity index (χ1) is 12.7. The van der Waals surface area contributed by atoms with Crippen LogP contribution >= 0.6 is 39.5 Å². The van der Waals surface area contributed by atoms with E-state index in [0.29, 0.717) is 0 Å². The zero-order chi connectivity index (χ0) is 18.1. The average Bonchev–Trinajstić information content (AvgIpc) is 3.27. The summed E-state index contributed by atoms with van der Waals surface area (Å²) >= 11 is 7.90. The Bertz CT molecular complexity index is 864. The minimum Gasteiger partial charge on any atom is -0.497 e. The Morgan fingerprint density at radius 2 is 1.31 bits per heavy atom. The van der Waals surface area contributed by atoms with Gasteiger partial charge in [-0.25, -0.2) is 0 Å². The van der Waals surface area contributed by atoms with Gasteiger partial charge in [0.25, 0.3) is 0 Å². The normalized spacial score (nSPS) is 18.3. The lowest BCUT2D eigenvalue weighted by molar-refractivity contribution is 0.414. The molecule has 1 aliphatic carbocycles. The van der Waals surface area contributed by atoms with Gasteiger partial charge in [0.1, 0.15) is 15.6 Å². The first kappa shape index (κ1) is 18.1.